The molecule has 2 saturated carbocycles. The third-order valence-corrected chi connectivity index (χ3v) is 12.5. The fraction of sp³-hybridized carbons (Fsp3) is 0.294. The molecule has 2 aliphatic heterocycles. The Hall–Kier alpha value is -4.43. The van der Waals surface area contributed by atoms with Crippen molar-refractivity contribution >= 4 is 52.2 Å². The van der Waals surface area contributed by atoms with Gasteiger partial charge in [-0.3, -0.25) is 24.1 Å². The quantitative estimate of drug-likeness (QED) is 0.181. The Morgan fingerprint density at radius 1 is 0.958 bits per heavy atom. The van der Waals surface area contributed by atoms with E-state index in [1.807, 2.05) is 12.1 Å². The Balaban J connectivity index is 1.02. The van der Waals surface area contributed by atoms with Crippen LogP contribution in [0.5, 0.6) is 5.75 Å². The number of carbonyl (C=O) groups is 3. The molecule has 0 radical (unpaired) electrons. The molecular formula is C34H25F4N3O5S2. The van der Waals surface area contributed by atoms with E-state index in [0.717, 1.165) is 38.9 Å². The van der Waals surface area contributed by atoms with Gasteiger partial charge < -0.3 is 15.0 Å². The number of nitrogens with one attached hydrogen (secondary N) is 2. The van der Waals surface area contributed by atoms with E-state index in [-0.39, 0.29) is 51.3 Å². The van der Waals surface area contributed by atoms with E-state index in [1.165, 1.54) is 41.3 Å². The Bertz CT molecular complexity index is 2010. The third-order valence-electron chi connectivity index (χ3n) is 9.89. The normalized spacial score (nSPS) is 27.1. The molecule has 3 amide bonds. The number of ether oxygens (including phenoxy) is 1. The molecule has 4 aromatic rings. The highest BCUT2D eigenvalue weighted by molar-refractivity contribution is 8.00. The predicted molar refractivity (Wildman–Crippen MR) is 169 cm³/mol. The van der Waals surface area contributed by atoms with Gasteiger partial charge in [0.25, 0.3) is 5.91 Å². The van der Waals surface area contributed by atoms with Crippen LogP contribution in [-0.4, -0.2) is 34.6 Å². The fourth-order valence-corrected chi connectivity index (χ4v) is 11.0. The monoisotopic (exact) mass is 695 g/mol. The number of imide groups is 1. The molecule has 246 valence electrons. The molecule has 8 rings (SSSR count). The lowest BCUT2D eigenvalue weighted by atomic mass is 9.68. The first kappa shape index (κ1) is 30.9. The second-order valence-corrected chi connectivity index (χ2v) is 14.6. The lowest BCUT2D eigenvalue weighted by molar-refractivity contribution is -0.137. The molecule has 3 aromatic carbocycles. The minimum Gasteiger partial charge on any atom is -0.484 e. The van der Waals surface area contributed by atoms with Crippen molar-refractivity contribution in [3.8, 4) is 5.75 Å². The van der Waals surface area contributed by atoms with Crippen molar-refractivity contribution in [2.45, 2.75) is 28.8 Å². The number of aromatic nitrogens is 1. The number of fused-ring (bicyclic) bond motifs is 9. The SMILES string of the molecule is O=C(COc1ccc([C@H]2c3sc(=O)[nH]c3SC3C2[C@H]2C[C@@H]3C3C(=O)N(c4ccc(F)cc4)C(=O)C32)cc1)Nc1cccc(C(F)(F)F)c1. The number of aromatic amines is 1. The number of alkyl halides is 3. The molecule has 2 aliphatic carbocycles. The van der Waals surface area contributed by atoms with E-state index in [9.17, 15) is 36.7 Å². The molecule has 2 N–H and O–H groups in total. The number of halogens is 4. The summed E-state index contributed by atoms with van der Waals surface area (Å²) in [5, 5.41) is 3.16. The second-order valence-electron chi connectivity index (χ2n) is 12.4. The molecule has 1 saturated heterocycles. The smallest absolute Gasteiger partial charge is 0.416 e. The van der Waals surface area contributed by atoms with Gasteiger partial charge in [-0.25, -0.2) is 4.39 Å². The minimum absolute atomic E-state index is 0.00359. The van der Waals surface area contributed by atoms with Gasteiger partial charge in [-0.2, -0.15) is 13.2 Å². The van der Waals surface area contributed by atoms with Crippen LogP contribution in [0, 0.1) is 35.4 Å². The van der Waals surface area contributed by atoms with Crippen molar-refractivity contribution in [3.05, 3.63) is 104 Å². The standard InChI is InChI=1S/C34H25F4N3O5S2/c35-17-6-8-19(9-7-17)41-31(43)26-21-13-22(27(26)32(41)44)28-25(21)24(29-30(47-28)40-33(45)48-29)15-4-10-20(11-5-15)46-14-23(42)39-18-3-1-2-16(12-18)34(36,37)38/h1-12,21-22,24-28H,13-14H2,(H,39,42)(H,40,45)/t21-,22-,24-,25?,26?,27?,28?/m1/s1. The van der Waals surface area contributed by atoms with Crippen LogP contribution in [0.3, 0.4) is 0 Å². The van der Waals surface area contributed by atoms with E-state index in [2.05, 4.69) is 10.3 Å². The van der Waals surface area contributed by atoms with Gasteiger partial charge >= 0.3 is 11.0 Å². The first-order valence-electron chi connectivity index (χ1n) is 15.2. The van der Waals surface area contributed by atoms with Crippen molar-refractivity contribution in [2.24, 2.45) is 29.6 Å². The number of hydrogen-bond acceptors (Lipinski definition) is 7. The van der Waals surface area contributed by atoms with E-state index in [0.29, 0.717) is 17.9 Å². The zero-order valence-corrected chi connectivity index (χ0v) is 26.3. The molecule has 4 aliphatic rings. The first-order valence-corrected chi connectivity index (χ1v) is 16.9. The lowest BCUT2D eigenvalue weighted by Gasteiger charge is -2.43. The number of benzene rings is 3. The van der Waals surface area contributed by atoms with E-state index < -0.39 is 41.9 Å². The van der Waals surface area contributed by atoms with Gasteiger partial charge in [0.05, 0.1) is 28.1 Å². The number of nitrogens with zero attached hydrogens (tertiary/aromatic N) is 1. The molecule has 3 heterocycles. The van der Waals surface area contributed by atoms with Gasteiger partial charge in [-0.05, 0) is 84.3 Å². The number of hydrogen-bond donors (Lipinski definition) is 2. The van der Waals surface area contributed by atoms with Crippen molar-refractivity contribution in [1.82, 2.24) is 4.98 Å². The van der Waals surface area contributed by atoms with Crippen molar-refractivity contribution < 1.29 is 36.7 Å². The van der Waals surface area contributed by atoms with Crippen LogP contribution >= 0.6 is 23.1 Å². The maximum atomic E-state index is 13.8. The molecule has 0 spiro atoms. The zero-order valence-electron chi connectivity index (χ0n) is 24.7. The Kier molecular flexibility index (Phi) is 7.29. The largest absolute Gasteiger partial charge is 0.484 e. The van der Waals surface area contributed by atoms with Crippen LogP contribution in [0.15, 0.2) is 82.6 Å². The summed E-state index contributed by atoms with van der Waals surface area (Å²) in [7, 11) is 0. The number of thioether (sulfide) groups is 1. The summed E-state index contributed by atoms with van der Waals surface area (Å²) < 4.78 is 58.3. The van der Waals surface area contributed by atoms with Crippen LogP contribution in [-0.2, 0) is 20.6 Å². The number of thiazole rings is 1. The number of H-pyrrole nitrogens is 1. The van der Waals surface area contributed by atoms with E-state index in [4.69, 9.17) is 4.74 Å². The average molecular weight is 696 g/mol. The minimum atomic E-state index is -4.54. The van der Waals surface area contributed by atoms with Crippen LogP contribution in [0.2, 0.25) is 0 Å². The highest BCUT2D eigenvalue weighted by Crippen LogP contribution is 2.68. The summed E-state index contributed by atoms with van der Waals surface area (Å²) in [4.78, 5) is 57.4. The fourth-order valence-electron chi connectivity index (χ4n) is 8.13. The van der Waals surface area contributed by atoms with Crippen molar-refractivity contribution in [2.75, 3.05) is 16.8 Å². The van der Waals surface area contributed by atoms with Crippen LogP contribution in [0.25, 0.3) is 0 Å². The van der Waals surface area contributed by atoms with Gasteiger partial charge in [0.2, 0.25) is 11.8 Å². The first-order chi connectivity index (χ1) is 23.0. The maximum absolute atomic E-state index is 13.8. The second kappa shape index (κ2) is 11.3. The molecule has 48 heavy (non-hydrogen) atoms. The zero-order chi connectivity index (χ0) is 33.5. The van der Waals surface area contributed by atoms with Gasteiger partial charge in [0.15, 0.2) is 6.61 Å². The van der Waals surface area contributed by atoms with E-state index >= 15 is 0 Å². The molecule has 7 atom stereocenters. The predicted octanol–water partition coefficient (Wildman–Crippen LogP) is 6.29. The van der Waals surface area contributed by atoms with E-state index in [1.54, 1.807) is 23.9 Å². The lowest BCUT2D eigenvalue weighted by Crippen LogP contribution is -2.42. The number of amides is 3. The summed E-state index contributed by atoms with van der Waals surface area (Å²) >= 11 is 2.70. The van der Waals surface area contributed by atoms with Crippen LogP contribution < -0.4 is 19.8 Å². The molecule has 3 fully saturated rings. The molecule has 14 heteroatoms. The summed E-state index contributed by atoms with van der Waals surface area (Å²) in [6.07, 6.45) is -3.83. The maximum Gasteiger partial charge on any atom is 0.416 e. The number of anilines is 2. The highest BCUT2D eigenvalue weighted by atomic mass is 32.2. The van der Waals surface area contributed by atoms with Gasteiger partial charge in [0, 0.05) is 21.7 Å². The van der Waals surface area contributed by atoms with Gasteiger partial charge in [-0.1, -0.05) is 29.5 Å². The number of rotatable bonds is 6. The average Bonchev–Trinajstić information content (AvgIpc) is 3.79. The van der Waals surface area contributed by atoms with Crippen LogP contribution in [0.4, 0.5) is 28.9 Å². The topological polar surface area (TPSA) is 109 Å². The molecule has 4 unspecified atom stereocenters. The molecular weight excluding hydrogens is 671 g/mol. The van der Waals surface area contributed by atoms with Gasteiger partial charge in [-0.15, -0.1) is 11.8 Å². The Morgan fingerprint density at radius 3 is 2.38 bits per heavy atom. The highest BCUT2D eigenvalue weighted by Gasteiger charge is 2.69. The number of carbonyl (C=O) groups excluding carboxylic acids is 3. The Labute approximate surface area is 278 Å². The summed E-state index contributed by atoms with van der Waals surface area (Å²) in [5.41, 5.74) is 0.362. The van der Waals surface area contributed by atoms with Crippen molar-refractivity contribution in [1.29, 1.82) is 0 Å². The van der Waals surface area contributed by atoms with Crippen molar-refractivity contribution in [3.63, 3.8) is 0 Å². The van der Waals surface area contributed by atoms with Gasteiger partial charge in [0.1, 0.15) is 11.6 Å². The van der Waals surface area contributed by atoms with Crippen LogP contribution in [0.1, 0.15) is 28.3 Å². The summed E-state index contributed by atoms with van der Waals surface area (Å²) in [6, 6.07) is 16.8. The molecule has 2 bridgehead atoms. The third kappa shape index (κ3) is 5.04. The molecule has 8 nitrogen and oxygen atoms in total. The Morgan fingerprint density at radius 2 is 1.67 bits per heavy atom. The summed E-state index contributed by atoms with van der Waals surface area (Å²) in [5.74, 6) is -2.69. The summed E-state index contributed by atoms with van der Waals surface area (Å²) in [6.45, 7) is -0.433. The molecule has 1 aromatic heterocycles.